The van der Waals surface area contributed by atoms with Crippen LogP contribution in [0.2, 0.25) is 0 Å². The number of rotatable bonds is 12. The van der Waals surface area contributed by atoms with E-state index in [1.807, 2.05) is 0 Å². The van der Waals surface area contributed by atoms with Crippen LogP contribution < -0.4 is 4.74 Å². The zero-order valence-electron chi connectivity index (χ0n) is 27.7. The standard InChI is InChI=1S/C37H56O3/c1-15-32(38)40-34-29(24(7)23(5)6)20-26(35(9,10)16-2)21-30(34)25(8)28-19-27(36(11,12)17-3)22-31(33(28)39)37(13,14)18-4/h15,19-25,39H,1,16-18H2,2-14H3. The van der Waals surface area contributed by atoms with Gasteiger partial charge in [0.05, 0.1) is 0 Å². The van der Waals surface area contributed by atoms with Crippen molar-refractivity contribution in [3.05, 3.63) is 70.3 Å². The molecule has 0 saturated heterocycles. The van der Waals surface area contributed by atoms with Crippen LogP contribution in [0.25, 0.3) is 0 Å². The first-order valence-corrected chi connectivity index (χ1v) is 15.3. The highest BCUT2D eigenvalue weighted by atomic mass is 16.5. The molecule has 3 nitrogen and oxygen atoms in total. The summed E-state index contributed by atoms with van der Waals surface area (Å²) in [7, 11) is 0. The van der Waals surface area contributed by atoms with E-state index in [2.05, 4.69) is 121 Å². The van der Waals surface area contributed by atoms with Crippen LogP contribution in [0, 0.1) is 5.92 Å². The van der Waals surface area contributed by atoms with Gasteiger partial charge in [0.15, 0.2) is 0 Å². The van der Waals surface area contributed by atoms with Crippen LogP contribution in [0.1, 0.15) is 154 Å². The molecule has 222 valence electrons. The average Bonchev–Trinajstić information content (AvgIpc) is 2.91. The Morgan fingerprint density at radius 3 is 1.70 bits per heavy atom. The summed E-state index contributed by atoms with van der Waals surface area (Å²) in [6.07, 6.45) is 4.09. The van der Waals surface area contributed by atoms with Crippen molar-refractivity contribution in [1.29, 1.82) is 0 Å². The fourth-order valence-corrected chi connectivity index (χ4v) is 5.00. The summed E-state index contributed by atoms with van der Waals surface area (Å²) >= 11 is 0. The summed E-state index contributed by atoms with van der Waals surface area (Å²) in [5, 5.41) is 11.9. The number of benzene rings is 2. The summed E-state index contributed by atoms with van der Waals surface area (Å²) in [5.74, 6) is 0.784. The molecule has 0 bridgehead atoms. The third-order valence-corrected chi connectivity index (χ3v) is 10.0. The van der Waals surface area contributed by atoms with Gasteiger partial charge in [0.25, 0.3) is 0 Å². The van der Waals surface area contributed by atoms with Gasteiger partial charge >= 0.3 is 5.97 Å². The Kier molecular flexibility index (Phi) is 10.5. The van der Waals surface area contributed by atoms with Crippen LogP contribution in [-0.4, -0.2) is 11.1 Å². The zero-order chi connectivity index (χ0) is 30.8. The Bertz CT molecular complexity index is 1210. The summed E-state index contributed by atoms with van der Waals surface area (Å²) < 4.78 is 6.08. The van der Waals surface area contributed by atoms with E-state index in [1.54, 1.807) is 0 Å². The maximum absolute atomic E-state index is 12.7. The van der Waals surface area contributed by atoms with Gasteiger partial charge in [0.2, 0.25) is 0 Å². The molecule has 1 N–H and O–H groups in total. The molecule has 0 aliphatic rings. The molecule has 0 radical (unpaired) electrons. The summed E-state index contributed by atoms with van der Waals surface area (Å²) in [4.78, 5) is 12.7. The third kappa shape index (κ3) is 6.84. The molecule has 2 unspecified atom stereocenters. The van der Waals surface area contributed by atoms with E-state index in [-0.39, 0.29) is 28.1 Å². The molecule has 3 heteroatoms. The van der Waals surface area contributed by atoms with Crippen LogP contribution >= 0.6 is 0 Å². The predicted molar refractivity (Wildman–Crippen MR) is 171 cm³/mol. The van der Waals surface area contributed by atoms with E-state index in [1.165, 1.54) is 17.2 Å². The summed E-state index contributed by atoms with van der Waals surface area (Å²) in [5.41, 5.74) is 5.94. The maximum atomic E-state index is 12.7. The van der Waals surface area contributed by atoms with E-state index >= 15 is 0 Å². The van der Waals surface area contributed by atoms with Crippen molar-refractivity contribution in [1.82, 2.24) is 0 Å². The fraction of sp³-hybridized carbons (Fsp3) is 0.595. The fourth-order valence-electron chi connectivity index (χ4n) is 5.00. The van der Waals surface area contributed by atoms with Crippen molar-refractivity contribution in [3.63, 3.8) is 0 Å². The average molecular weight is 549 g/mol. The van der Waals surface area contributed by atoms with Crippen molar-refractivity contribution >= 4 is 5.97 Å². The van der Waals surface area contributed by atoms with Crippen molar-refractivity contribution < 1.29 is 14.6 Å². The smallest absolute Gasteiger partial charge is 0.335 e. The highest BCUT2D eigenvalue weighted by Gasteiger charge is 2.33. The van der Waals surface area contributed by atoms with Crippen LogP contribution in [0.4, 0.5) is 0 Å². The van der Waals surface area contributed by atoms with Crippen LogP contribution in [0.5, 0.6) is 11.5 Å². The monoisotopic (exact) mass is 548 g/mol. The molecular weight excluding hydrogens is 492 g/mol. The van der Waals surface area contributed by atoms with Gasteiger partial charge in [-0.3, -0.25) is 0 Å². The van der Waals surface area contributed by atoms with Gasteiger partial charge in [0.1, 0.15) is 11.5 Å². The third-order valence-electron chi connectivity index (χ3n) is 10.0. The van der Waals surface area contributed by atoms with E-state index < -0.39 is 5.97 Å². The number of ether oxygens (including phenoxy) is 1. The van der Waals surface area contributed by atoms with Gasteiger partial charge in [-0.25, -0.2) is 4.79 Å². The predicted octanol–water partition coefficient (Wildman–Crippen LogP) is 10.5. The van der Waals surface area contributed by atoms with E-state index in [9.17, 15) is 9.90 Å². The first-order chi connectivity index (χ1) is 18.4. The normalized spacial score (nSPS) is 14.2. The lowest BCUT2D eigenvalue weighted by atomic mass is 9.72. The van der Waals surface area contributed by atoms with Gasteiger partial charge in [-0.1, -0.05) is 121 Å². The van der Waals surface area contributed by atoms with Gasteiger partial charge in [0, 0.05) is 28.7 Å². The zero-order valence-corrected chi connectivity index (χ0v) is 27.7. The van der Waals surface area contributed by atoms with Crippen LogP contribution in [0.3, 0.4) is 0 Å². The van der Waals surface area contributed by atoms with E-state index in [0.29, 0.717) is 17.4 Å². The van der Waals surface area contributed by atoms with Crippen molar-refractivity contribution in [2.75, 3.05) is 0 Å². The molecule has 2 aromatic rings. The number of carbonyl (C=O) groups excluding carboxylic acids is 1. The first kappa shape index (κ1) is 33.7. The second kappa shape index (κ2) is 12.5. The number of phenolic OH excluding ortho intramolecular Hbond substituents is 1. The molecule has 0 aromatic heterocycles. The lowest BCUT2D eigenvalue weighted by molar-refractivity contribution is -0.129. The number of hydrogen-bond acceptors (Lipinski definition) is 3. The van der Waals surface area contributed by atoms with Crippen LogP contribution in [0.15, 0.2) is 36.9 Å². The molecule has 0 aliphatic carbocycles. The maximum Gasteiger partial charge on any atom is 0.335 e. The topological polar surface area (TPSA) is 46.5 Å². The largest absolute Gasteiger partial charge is 0.507 e. The number of aromatic hydroxyl groups is 1. The lowest BCUT2D eigenvalue weighted by Crippen LogP contribution is -2.22. The molecule has 0 fully saturated rings. The minimum Gasteiger partial charge on any atom is -0.507 e. The molecular formula is C37H56O3. The summed E-state index contributed by atoms with van der Waals surface area (Å²) in [6, 6.07) is 8.83. The molecule has 0 heterocycles. The van der Waals surface area contributed by atoms with Crippen molar-refractivity contribution in [2.24, 2.45) is 5.92 Å². The first-order valence-electron chi connectivity index (χ1n) is 15.3. The number of esters is 1. The number of carbonyl (C=O) groups is 1. The Morgan fingerprint density at radius 1 is 0.800 bits per heavy atom. The van der Waals surface area contributed by atoms with Crippen molar-refractivity contribution in [3.8, 4) is 11.5 Å². The minimum absolute atomic E-state index is 0.0533. The van der Waals surface area contributed by atoms with Gasteiger partial charge < -0.3 is 9.84 Å². The molecule has 2 atom stereocenters. The Morgan fingerprint density at radius 2 is 1.25 bits per heavy atom. The van der Waals surface area contributed by atoms with Crippen LogP contribution in [-0.2, 0) is 21.0 Å². The molecule has 0 aliphatic heterocycles. The van der Waals surface area contributed by atoms with Crippen molar-refractivity contribution in [2.45, 2.75) is 137 Å². The second-order valence-electron chi connectivity index (χ2n) is 14.0. The number of phenols is 1. The SMILES string of the molecule is C=CC(=O)Oc1c(C(C)c2cc(C(C)(C)CC)cc(C(C)(C)CC)c2O)cc(C(C)(C)CC)cc1C(C)C(C)C. The van der Waals surface area contributed by atoms with E-state index in [0.717, 1.165) is 41.5 Å². The lowest BCUT2D eigenvalue weighted by Gasteiger charge is -2.33. The molecule has 0 amide bonds. The van der Waals surface area contributed by atoms with Gasteiger partial charge in [-0.15, -0.1) is 0 Å². The highest BCUT2D eigenvalue weighted by Crippen LogP contribution is 2.48. The molecule has 2 aromatic carbocycles. The quantitative estimate of drug-likeness (QED) is 0.163. The second-order valence-corrected chi connectivity index (χ2v) is 14.0. The molecule has 0 spiro atoms. The highest BCUT2D eigenvalue weighted by molar-refractivity contribution is 5.84. The van der Waals surface area contributed by atoms with Gasteiger partial charge in [-0.2, -0.15) is 0 Å². The molecule has 0 saturated carbocycles. The Hall–Kier alpha value is -2.55. The summed E-state index contributed by atoms with van der Waals surface area (Å²) in [6.45, 7) is 32.4. The molecule has 40 heavy (non-hydrogen) atoms. The van der Waals surface area contributed by atoms with Gasteiger partial charge in [-0.05, 0) is 64.0 Å². The number of hydrogen-bond donors (Lipinski definition) is 1. The Balaban J connectivity index is 3.07. The van der Waals surface area contributed by atoms with E-state index in [4.69, 9.17) is 4.74 Å². The molecule has 2 rings (SSSR count). The Labute approximate surface area is 245 Å². The minimum atomic E-state index is -0.467.